The predicted molar refractivity (Wildman–Crippen MR) is 146 cm³/mol. The fourth-order valence-electron chi connectivity index (χ4n) is 5.96. The number of hydrogen-bond donors (Lipinski definition) is 0. The fourth-order valence-corrected chi connectivity index (χ4v) is 5.96. The van der Waals surface area contributed by atoms with E-state index in [4.69, 9.17) is 0 Å². The van der Waals surface area contributed by atoms with Crippen molar-refractivity contribution in [3.8, 4) is 0 Å². The van der Waals surface area contributed by atoms with E-state index in [2.05, 4.69) is 24.3 Å². The van der Waals surface area contributed by atoms with Crippen LogP contribution in [0.5, 0.6) is 0 Å². The topological polar surface area (TPSA) is 34.1 Å². The van der Waals surface area contributed by atoms with Gasteiger partial charge in [0.1, 0.15) is 0 Å². The van der Waals surface area contributed by atoms with Gasteiger partial charge < -0.3 is 0 Å². The summed E-state index contributed by atoms with van der Waals surface area (Å²) in [6, 6.07) is 28.2. The van der Waals surface area contributed by atoms with Gasteiger partial charge in [-0.05, 0) is 67.4 Å². The molecule has 0 aliphatic carbocycles. The molecular weight excluding hydrogens is 416 g/mol. The first-order chi connectivity index (χ1) is 16.7. The van der Waals surface area contributed by atoms with E-state index in [0.29, 0.717) is 0 Å². The van der Waals surface area contributed by atoms with E-state index in [1.54, 1.807) is 0 Å². The molecule has 0 saturated heterocycles. The number of rotatable bonds is 0. The van der Waals surface area contributed by atoms with Crippen LogP contribution >= 0.6 is 0 Å². The molecule has 0 saturated carbocycles. The van der Waals surface area contributed by atoms with Crippen LogP contribution in [0.3, 0.4) is 0 Å². The molecule has 8 rings (SSSR count). The Bertz CT molecular complexity index is 2020. The van der Waals surface area contributed by atoms with Crippen LogP contribution in [0.25, 0.3) is 75.4 Å². The minimum Gasteiger partial charge on any atom is -0.289 e. The van der Waals surface area contributed by atoms with E-state index in [1.165, 1.54) is 0 Å². The Labute approximate surface area is 194 Å². The highest BCUT2D eigenvalue weighted by Crippen LogP contribution is 2.45. The second kappa shape index (κ2) is 6.61. The van der Waals surface area contributed by atoms with E-state index < -0.39 is 0 Å². The zero-order chi connectivity index (χ0) is 23.1. The first-order valence-electron chi connectivity index (χ1n) is 11.8. The van der Waals surface area contributed by atoms with Gasteiger partial charge in [-0.3, -0.25) is 9.59 Å². The molecule has 0 radical (unpaired) electrons. The molecule has 0 fully saturated rings. The molecule has 0 atom stereocenters. The lowest BCUT2D eigenvalue weighted by Crippen LogP contribution is -2.06. The molecule has 8 aromatic rings. The van der Waals surface area contributed by atoms with Crippen molar-refractivity contribution in [2.24, 2.45) is 0 Å². The molecule has 0 aliphatic rings. The minimum absolute atomic E-state index is 0.0694. The van der Waals surface area contributed by atoms with Gasteiger partial charge in [0, 0.05) is 32.3 Å². The predicted octanol–water partition coefficient (Wildman–Crippen LogP) is 7.82. The maximum atomic E-state index is 13.4. The van der Waals surface area contributed by atoms with Crippen molar-refractivity contribution in [2.45, 2.75) is 13.8 Å². The van der Waals surface area contributed by atoms with Crippen molar-refractivity contribution in [3.05, 3.63) is 105 Å². The van der Waals surface area contributed by atoms with Gasteiger partial charge in [-0.2, -0.15) is 0 Å². The van der Waals surface area contributed by atoms with Gasteiger partial charge in [-0.15, -0.1) is 0 Å². The second-order valence-electron chi connectivity index (χ2n) is 8.77. The summed E-state index contributed by atoms with van der Waals surface area (Å²) in [6.07, 6.45) is 0. The first kappa shape index (κ1) is 19.2. The van der Waals surface area contributed by atoms with Crippen LogP contribution in [0.1, 0.15) is 13.8 Å². The lowest BCUT2D eigenvalue weighted by atomic mass is 9.84. The molecule has 0 heterocycles. The maximum Gasteiger partial charge on any atom is 0.194 e. The first-order valence-corrected chi connectivity index (χ1v) is 11.8. The summed E-state index contributed by atoms with van der Waals surface area (Å²) < 4.78 is 0. The summed E-state index contributed by atoms with van der Waals surface area (Å²) in [6.45, 7) is 4.00. The van der Waals surface area contributed by atoms with Crippen molar-refractivity contribution in [1.29, 1.82) is 0 Å². The molecule has 2 heteroatoms. The molecule has 0 aliphatic heterocycles. The number of hydrogen-bond acceptors (Lipinski definition) is 2. The second-order valence-corrected chi connectivity index (χ2v) is 8.77. The largest absolute Gasteiger partial charge is 0.289 e. The van der Waals surface area contributed by atoms with Gasteiger partial charge in [-0.25, -0.2) is 0 Å². The fraction of sp³-hybridized carbons (Fsp3) is 0.0625. The van der Waals surface area contributed by atoms with Gasteiger partial charge in [0.25, 0.3) is 0 Å². The Morgan fingerprint density at radius 2 is 0.765 bits per heavy atom. The Kier molecular flexibility index (Phi) is 3.73. The third-order valence-corrected chi connectivity index (χ3v) is 7.28. The molecular formula is C32H20O2. The summed E-state index contributed by atoms with van der Waals surface area (Å²) >= 11 is 0. The minimum atomic E-state index is 0.0694. The van der Waals surface area contributed by atoms with Crippen molar-refractivity contribution in [2.75, 3.05) is 0 Å². The molecule has 0 aromatic heterocycles. The molecule has 2 nitrogen and oxygen atoms in total. The molecule has 0 N–H and O–H groups in total. The highest BCUT2D eigenvalue weighted by molar-refractivity contribution is 6.40. The van der Waals surface area contributed by atoms with Crippen LogP contribution in [0.2, 0.25) is 0 Å². The average Bonchev–Trinajstić information content (AvgIpc) is 2.90. The van der Waals surface area contributed by atoms with Crippen molar-refractivity contribution in [1.82, 2.24) is 0 Å². The Morgan fingerprint density at radius 3 is 1.18 bits per heavy atom. The Morgan fingerprint density at radius 1 is 0.382 bits per heavy atom. The van der Waals surface area contributed by atoms with Crippen LogP contribution in [-0.4, -0.2) is 0 Å². The lowest BCUT2D eigenvalue weighted by molar-refractivity contribution is 1.50. The summed E-state index contributed by atoms with van der Waals surface area (Å²) in [7, 11) is 0. The monoisotopic (exact) mass is 436 g/mol. The highest BCUT2D eigenvalue weighted by Gasteiger charge is 2.21. The van der Waals surface area contributed by atoms with Gasteiger partial charge in [0.15, 0.2) is 10.9 Å². The van der Waals surface area contributed by atoms with E-state index in [0.717, 1.165) is 75.4 Å². The van der Waals surface area contributed by atoms with E-state index in [1.807, 2.05) is 74.5 Å². The van der Waals surface area contributed by atoms with Gasteiger partial charge in [0.2, 0.25) is 0 Å². The van der Waals surface area contributed by atoms with Crippen LogP contribution in [-0.2, 0) is 0 Å². The third kappa shape index (κ3) is 2.16. The van der Waals surface area contributed by atoms with Crippen LogP contribution in [0, 0.1) is 0 Å². The lowest BCUT2D eigenvalue weighted by Gasteiger charge is -2.18. The number of benzene rings is 8. The van der Waals surface area contributed by atoms with E-state index >= 15 is 0 Å². The van der Waals surface area contributed by atoms with Crippen LogP contribution in [0.15, 0.2) is 94.5 Å². The Balaban J connectivity index is 0.000000977. The van der Waals surface area contributed by atoms with Crippen molar-refractivity contribution in [3.63, 3.8) is 0 Å². The summed E-state index contributed by atoms with van der Waals surface area (Å²) in [5, 5.41) is 13.6. The SMILES string of the molecule is CC.O=c1c2ccccc2c2cc3ccc4c(=O)c5ccccc5c5cc6ccc1c2c6c3c45. The normalized spacial score (nSPS) is 12.1. The van der Waals surface area contributed by atoms with Crippen molar-refractivity contribution >= 4 is 75.4 Å². The number of fused-ring (bicyclic) bond motifs is 4. The molecule has 0 bridgehead atoms. The third-order valence-electron chi connectivity index (χ3n) is 7.28. The summed E-state index contributed by atoms with van der Waals surface area (Å²) in [5.41, 5.74) is 0.139. The van der Waals surface area contributed by atoms with Crippen molar-refractivity contribution < 1.29 is 0 Å². The quantitative estimate of drug-likeness (QED) is 0.179. The molecule has 0 spiro atoms. The summed E-state index contributed by atoms with van der Waals surface area (Å²) in [4.78, 5) is 26.8. The van der Waals surface area contributed by atoms with E-state index in [-0.39, 0.29) is 10.9 Å². The van der Waals surface area contributed by atoms with Gasteiger partial charge >= 0.3 is 0 Å². The Hall–Kier alpha value is -4.30. The van der Waals surface area contributed by atoms with Crippen LogP contribution < -0.4 is 10.9 Å². The zero-order valence-electron chi connectivity index (χ0n) is 18.9. The van der Waals surface area contributed by atoms with Gasteiger partial charge in [-0.1, -0.05) is 74.5 Å². The highest BCUT2D eigenvalue weighted by atomic mass is 16.1. The zero-order valence-corrected chi connectivity index (χ0v) is 18.9. The molecule has 34 heavy (non-hydrogen) atoms. The maximum absolute atomic E-state index is 13.4. The molecule has 0 amide bonds. The molecule has 8 aromatic carbocycles. The standard InChI is InChI=1S/C30H14O2.C2H6/c31-29-19-7-3-1-5-17(19)23-13-15-9-12-22-28-24(18-6-2-4-8-20(18)30(22)32)14-16-10-11-21(29)27(23)25(16)26(15)28;1-2/h1-14H;1-2H3. The van der Waals surface area contributed by atoms with Gasteiger partial charge in [0.05, 0.1) is 0 Å². The summed E-state index contributed by atoms with van der Waals surface area (Å²) in [5.74, 6) is 0. The smallest absolute Gasteiger partial charge is 0.194 e. The molecule has 0 unspecified atom stereocenters. The molecule has 160 valence electrons. The average molecular weight is 437 g/mol. The van der Waals surface area contributed by atoms with E-state index in [9.17, 15) is 9.59 Å². The van der Waals surface area contributed by atoms with Crippen LogP contribution in [0.4, 0.5) is 0 Å².